The summed E-state index contributed by atoms with van der Waals surface area (Å²) >= 11 is 3.40. The molecule has 0 unspecified atom stereocenters. The number of pyridine rings is 1. The smallest absolute Gasteiger partial charge is 0.203 e. The number of carbonyl (C=O) groups excluding carboxylic acids is 1. The van der Waals surface area contributed by atoms with Crippen LogP contribution in [0, 0.1) is 19.8 Å². The lowest BCUT2D eigenvalue weighted by Gasteiger charge is -2.19. The summed E-state index contributed by atoms with van der Waals surface area (Å²) in [7, 11) is 0. The van der Waals surface area contributed by atoms with Gasteiger partial charge in [0.25, 0.3) is 0 Å². The van der Waals surface area contributed by atoms with E-state index in [1.54, 1.807) is 13.8 Å². The number of aliphatic hydroxyl groups is 2. The fraction of sp³-hybridized carbons (Fsp3) is 0.346. The van der Waals surface area contributed by atoms with Crippen LogP contribution in [-0.2, 0) is 6.42 Å². The summed E-state index contributed by atoms with van der Waals surface area (Å²) in [4.78, 5) is 25.9. The number of ketones is 1. The first-order chi connectivity index (χ1) is 17.7. The molecule has 37 heavy (non-hydrogen) atoms. The molecule has 0 radical (unpaired) electrons. The Morgan fingerprint density at radius 3 is 2.81 bits per heavy atom. The average Bonchev–Trinajstić information content (AvgIpc) is 3.35. The fourth-order valence-corrected chi connectivity index (χ4v) is 5.33. The third-order valence-corrected chi connectivity index (χ3v) is 7.64. The van der Waals surface area contributed by atoms with Crippen LogP contribution in [0.3, 0.4) is 0 Å². The molecule has 11 heteroatoms. The molecule has 1 aromatic carbocycles. The number of anilines is 2. The second-order valence-corrected chi connectivity index (χ2v) is 10.3. The minimum Gasteiger partial charge on any atom is -0.390 e. The standard InChI is InChI=1S/C26H27BrN6O4/c1-12-21(13(2)37-33-12)23(35)17-10-29-11-30-26(17)32-20-9-16(22(34)24(20)36)6-4-14-3-5-15-8-18(27)25(28)31-19(15)7-14/h3,5,7-8,10-11,16,20,22,24,34,36H,4,6,9H2,1-2H3,(H2,28,31)(H,29,30,32)/t16-,20+,22+,24-/m0/s1. The maximum absolute atomic E-state index is 13.2. The Kier molecular flexibility index (Phi) is 6.93. The molecular formula is C26H27BrN6O4. The highest BCUT2D eigenvalue weighted by Gasteiger charge is 2.41. The number of nitrogen functional groups attached to an aromatic ring is 1. The van der Waals surface area contributed by atoms with Crippen LogP contribution in [0.5, 0.6) is 0 Å². The second kappa shape index (κ2) is 10.2. The van der Waals surface area contributed by atoms with Crippen LogP contribution in [0.1, 0.15) is 45.8 Å². The molecule has 1 aliphatic carbocycles. The van der Waals surface area contributed by atoms with Gasteiger partial charge in [-0.1, -0.05) is 17.3 Å². The number of nitrogens with two attached hydrogens (primary N) is 1. The predicted molar refractivity (Wildman–Crippen MR) is 141 cm³/mol. The number of benzene rings is 1. The number of nitrogens with zero attached hydrogens (tertiary/aromatic N) is 4. The van der Waals surface area contributed by atoms with Crippen LogP contribution in [0.25, 0.3) is 10.9 Å². The summed E-state index contributed by atoms with van der Waals surface area (Å²) in [5.41, 5.74) is 8.90. The van der Waals surface area contributed by atoms with Gasteiger partial charge in [-0.05, 0) is 72.7 Å². The van der Waals surface area contributed by atoms with Crippen LogP contribution >= 0.6 is 15.9 Å². The van der Waals surface area contributed by atoms with Crippen molar-refractivity contribution >= 4 is 44.3 Å². The Labute approximate surface area is 221 Å². The van der Waals surface area contributed by atoms with E-state index in [2.05, 4.69) is 41.4 Å². The van der Waals surface area contributed by atoms with Crippen molar-refractivity contribution in [1.82, 2.24) is 20.1 Å². The Morgan fingerprint density at radius 1 is 1.24 bits per heavy atom. The van der Waals surface area contributed by atoms with E-state index < -0.39 is 18.2 Å². The monoisotopic (exact) mass is 566 g/mol. The van der Waals surface area contributed by atoms with Crippen molar-refractivity contribution in [2.45, 2.75) is 51.4 Å². The first kappa shape index (κ1) is 25.2. The number of aryl methyl sites for hydroxylation is 3. The summed E-state index contributed by atoms with van der Waals surface area (Å²) < 4.78 is 5.90. The van der Waals surface area contributed by atoms with Crippen molar-refractivity contribution in [3.8, 4) is 0 Å². The van der Waals surface area contributed by atoms with Crippen LogP contribution in [-0.4, -0.2) is 54.4 Å². The van der Waals surface area contributed by atoms with Gasteiger partial charge in [0, 0.05) is 11.6 Å². The van der Waals surface area contributed by atoms with Crippen molar-refractivity contribution in [1.29, 1.82) is 0 Å². The third kappa shape index (κ3) is 4.94. The topological polar surface area (TPSA) is 160 Å². The maximum Gasteiger partial charge on any atom is 0.203 e. The molecule has 0 saturated heterocycles. The molecule has 5 N–H and O–H groups in total. The van der Waals surface area contributed by atoms with Crippen molar-refractivity contribution in [3.05, 3.63) is 69.4 Å². The van der Waals surface area contributed by atoms with Gasteiger partial charge < -0.3 is 25.8 Å². The minimum atomic E-state index is -1.02. The highest BCUT2D eigenvalue weighted by Crippen LogP contribution is 2.33. The molecule has 1 aliphatic rings. The molecule has 4 atom stereocenters. The molecule has 0 bridgehead atoms. The molecule has 1 saturated carbocycles. The van der Waals surface area contributed by atoms with Gasteiger partial charge in [-0.3, -0.25) is 4.79 Å². The lowest BCUT2D eigenvalue weighted by Crippen LogP contribution is -2.35. The van der Waals surface area contributed by atoms with Gasteiger partial charge in [-0.25, -0.2) is 15.0 Å². The van der Waals surface area contributed by atoms with Crippen molar-refractivity contribution in [2.75, 3.05) is 11.1 Å². The van der Waals surface area contributed by atoms with E-state index in [-0.39, 0.29) is 17.3 Å². The zero-order valence-electron chi connectivity index (χ0n) is 20.3. The minimum absolute atomic E-state index is 0.144. The molecule has 192 valence electrons. The molecule has 4 aromatic rings. The van der Waals surface area contributed by atoms with Gasteiger partial charge >= 0.3 is 0 Å². The number of aromatic nitrogens is 4. The Bertz CT molecular complexity index is 1460. The Hall–Kier alpha value is -3.41. The number of carbonyl (C=O) groups is 1. The van der Waals surface area contributed by atoms with E-state index in [0.717, 1.165) is 20.9 Å². The molecule has 0 amide bonds. The van der Waals surface area contributed by atoms with Gasteiger partial charge in [0.2, 0.25) is 5.78 Å². The molecule has 1 fully saturated rings. The van der Waals surface area contributed by atoms with E-state index in [1.807, 2.05) is 24.3 Å². The highest BCUT2D eigenvalue weighted by atomic mass is 79.9. The van der Waals surface area contributed by atoms with Gasteiger partial charge in [-0.15, -0.1) is 0 Å². The quantitative estimate of drug-likeness (QED) is 0.244. The van der Waals surface area contributed by atoms with E-state index in [0.29, 0.717) is 47.9 Å². The second-order valence-electron chi connectivity index (χ2n) is 9.46. The Morgan fingerprint density at radius 2 is 2.05 bits per heavy atom. The summed E-state index contributed by atoms with van der Waals surface area (Å²) in [5, 5.41) is 29.6. The number of fused-ring (bicyclic) bond motifs is 1. The number of hydrogen-bond donors (Lipinski definition) is 4. The highest BCUT2D eigenvalue weighted by molar-refractivity contribution is 9.10. The van der Waals surface area contributed by atoms with E-state index in [9.17, 15) is 15.0 Å². The SMILES string of the molecule is Cc1noc(C)c1C(=O)c1cncnc1N[C@@H]1C[C@H](CCc2ccc3cc(Br)c(N)nc3c2)[C@@H](O)[C@H]1O. The summed E-state index contributed by atoms with van der Waals surface area (Å²) in [5.74, 6) is 0.676. The normalized spacial score (nSPS) is 21.4. The predicted octanol–water partition coefficient (Wildman–Crippen LogP) is 3.36. The lowest BCUT2D eigenvalue weighted by atomic mass is 9.95. The lowest BCUT2D eigenvalue weighted by molar-refractivity contribution is 0.0158. The first-order valence-electron chi connectivity index (χ1n) is 12.0. The van der Waals surface area contributed by atoms with E-state index in [1.165, 1.54) is 12.5 Å². The van der Waals surface area contributed by atoms with Crippen LogP contribution in [0.2, 0.25) is 0 Å². The molecular weight excluding hydrogens is 540 g/mol. The molecule has 5 rings (SSSR count). The molecule has 3 aromatic heterocycles. The zero-order chi connectivity index (χ0) is 26.3. The van der Waals surface area contributed by atoms with Crippen LogP contribution < -0.4 is 11.1 Å². The maximum atomic E-state index is 13.2. The molecule has 10 nitrogen and oxygen atoms in total. The zero-order valence-corrected chi connectivity index (χ0v) is 21.9. The van der Waals surface area contributed by atoms with Crippen molar-refractivity contribution < 1.29 is 19.5 Å². The summed E-state index contributed by atoms with van der Waals surface area (Å²) in [6, 6.07) is 7.49. The number of hydrogen-bond acceptors (Lipinski definition) is 10. The van der Waals surface area contributed by atoms with E-state index >= 15 is 0 Å². The van der Waals surface area contributed by atoms with Gasteiger partial charge in [0.15, 0.2) is 0 Å². The largest absolute Gasteiger partial charge is 0.390 e. The van der Waals surface area contributed by atoms with Crippen LogP contribution in [0.15, 0.2) is 45.8 Å². The van der Waals surface area contributed by atoms with E-state index in [4.69, 9.17) is 10.3 Å². The number of nitrogens with one attached hydrogen (secondary N) is 1. The van der Waals surface area contributed by atoms with Gasteiger partial charge in [-0.2, -0.15) is 0 Å². The number of rotatable bonds is 7. The van der Waals surface area contributed by atoms with Crippen LogP contribution in [0.4, 0.5) is 11.6 Å². The number of halogens is 1. The average molecular weight is 567 g/mol. The fourth-order valence-electron chi connectivity index (χ4n) is 4.99. The summed E-state index contributed by atoms with van der Waals surface area (Å²) in [6.07, 6.45) is 2.72. The Balaban J connectivity index is 1.29. The van der Waals surface area contributed by atoms with Gasteiger partial charge in [0.1, 0.15) is 29.8 Å². The molecule has 3 heterocycles. The van der Waals surface area contributed by atoms with Crippen molar-refractivity contribution in [2.24, 2.45) is 5.92 Å². The van der Waals surface area contributed by atoms with Crippen molar-refractivity contribution in [3.63, 3.8) is 0 Å². The first-order valence-corrected chi connectivity index (χ1v) is 12.8. The third-order valence-electron chi connectivity index (χ3n) is 7.01. The van der Waals surface area contributed by atoms with Gasteiger partial charge in [0.05, 0.1) is 39.0 Å². The number of aliphatic hydroxyl groups excluding tert-OH is 2. The summed E-state index contributed by atoms with van der Waals surface area (Å²) in [6.45, 7) is 3.37. The molecule has 0 spiro atoms. The molecule has 0 aliphatic heterocycles.